The second-order valence-electron chi connectivity index (χ2n) is 6.04. The molecule has 2 unspecified atom stereocenters. The van der Waals surface area contributed by atoms with Gasteiger partial charge in [0.1, 0.15) is 17.1 Å². The van der Waals surface area contributed by atoms with E-state index in [2.05, 4.69) is 5.32 Å². The first-order valence-corrected chi connectivity index (χ1v) is 7.49. The van der Waals surface area contributed by atoms with E-state index in [1.165, 1.54) is 6.07 Å². The standard InChI is InChI=1S/C17H22N2O4/c1-11-8-9-16(23-11)17(4,20)10-18-13(3)14-6-5-7-15(12(14)2)19(21)22/h5-9,13,18,20H,10H2,1-4H3. The number of nitrogens with one attached hydrogen (secondary N) is 1. The SMILES string of the molecule is Cc1ccc(C(C)(O)CNC(C)c2cccc([N+](=O)[O-])c2C)o1. The summed E-state index contributed by atoms with van der Waals surface area (Å²) in [7, 11) is 0. The highest BCUT2D eigenvalue weighted by molar-refractivity contribution is 5.45. The van der Waals surface area contributed by atoms with Crippen molar-refractivity contribution in [2.45, 2.75) is 39.3 Å². The molecular weight excluding hydrogens is 296 g/mol. The van der Waals surface area contributed by atoms with E-state index in [9.17, 15) is 15.2 Å². The molecule has 0 spiro atoms. The number of nitro groups is 1. The van der Waals surface area contributed by atoms with E-state index in [0.717, 1.165) is 11.3 Å². The smallest absolute Gasteiger partial charge is 0.272 e. The fourth-order valence-corrected chi connectivity index (χ4v) is 2.58. The van der Waals surface area contributed by atoms with Gasteiger partial charge in [-0.05, 0) is 45.4 Å². The van der Waals surface area contributed by atoms with Crippen molar-refractivity contribution >= 4 is 5.69 Å². The van der Waals surface area contributed by atoms with Crippen LogP contribution in [0.15, 0.2) is 34.7 Å². The van der Waals surface area contributed by atoms with E-state index >= 15 is 0 Å². The zero-order valence-corrected chi connectivity index (χ0v) is 13.8. The number of rotatable bonds is 6. The third-order valence-corrected chi connectivity index (χ3v) is 4.03. The normalized spacial score (nSPS) is 15.2. The van der Waals surface area contributed by atoms with E-state index in [1.807, 2.05) is 19.9 Å². The highest BCUT2D eigenvalue weighted by Crippen LogP contribution is 2.27. The first-order chi connectivity index (χ1) is 10.7. The Balaban J connectivity index is 2.12. The van der Waals surface area contributed by atoms with Crippen LogP contribution in [0.25, 0.3) is 0 Å². The average Bonchev–Trinajstić information content (AvgIpc) is 2.92. The Hall–Kier alpha value is -2.18. The fourth-order valence-electron chi connectivity index (χ4n) is 2.58. The van der Waals surface area contributed by atoms with Crippen LogP contribution in [0.2, 0.25) is 0 Å². The summed E-state index contributed by atoms with van der Waals surface area (Å²) in [5, 5.41) is 24.8. The molecule has 0 saturated heterocycles. The zero-order chi connectivity index (χ0) is 17.2. The Kier molecular flexibility index (Phi) is 4.87. The fraction of sp³-hybridized carbons (Fsp3) is 0.412. The molecule has 1 aromatic carbocycles. The predicted molar refractivity (Wildman–Crippen MR) is 87.3 cm³/mol. The molecule has 23 heavy (non-hydrogen) atoms. The summed E-state index contributed by atoms with van der Waals surface area (Å²) < 4.78 is 5.48. The number of aryl methyl sites for hydroxylation is 1. The van der Waals surface area contributed by atoms with Crippen molar-refractivity contribution in [3.8, 4) is 0 Å². The molecule has 1 heterocycles. The molecule has 2 N–H and O–H groups in total. The molecule has 2 rings (SSSR count). The van der Waals surface area contributed by atoms with Gasteiger partial charge in [-0.1, -0.05) is 12.1 Å². The molecule has 0 fully saturated rings. The van der Waals surface area contributed by atoms with Crippen molar-refractivity contribution in [1.82, 2.24) is 5.32 Å². The predicted octanol–water partition coefficient (Wildman–Crippen LogP) is 3.36. The summed E-state index contributed by atoms with van der Waals surface area (Å²) in [6.07, 6.45) is 0. The third kappa shape index (κ3) is 3.78. The van der Waals surface area contributed by atoms with Gasteiger partial charge in [-0.2, -0.15) is 0 Å². The number of benzene rings is 1. The van der Waals surface area contributed by atoms with E-state index < -0.39 is 5.60 Å². The molecule has 0 aliphatic carbocycles. The molecule has 0 radical (unpaired) electrons. The van der Waals surface area contributed by atoms with Gasteiger partial charge in [0, 0.05) is 24.2 Å². The molecule has 0 amide bonds. The Bertz CT molecular complexity index is 706. The van der Waals surface area contributed by atoms with E-state index in [0.29, 0.717) is 11.3 Å². The maximum Gasteiger partial charge on any atom is 0.272 e. The maximum absolute atomic E-state index is 11.0. The minimum absolute atomic E-state index is 0.101. The quantitative estimate of drug-likeness (QED) is 0.630. The van der Waals surface area contributed by atoms with Crippen LogP contribution in [0, 0.1) is 24.0 Å². The summed E-state index contributed by atoms with van der Waals surface area (Å²) >= 11 is 0. The molecule has 0 saturated carbocycles. The van der Waals surface area contributed by atoms with Crippen LogP contribution < -0.4 is 5.32 Å². The topological polar surface area (TPSA) is 88.5 Å². The number of furan rings is 1. The van der Waals surface area contributed by atoms with Crippen LogP contribution >= 0.6 is 0 Å². The van der Waals surface area contributed by atoms with E-state index in [4.69, 9.17) is 4.42 Å². The summed E-state index contributed by atoms with van der Waals surface area (Å²) in [4.78, 5) is 10.7. The Morgan fingerprint density at radius 1 is 1.35 bits per heavy atom. The zero-order valence-electron chi connectivity index (χ0n) is 13.8. The molecule has 124 valence electrons. The van der Waals surface area contributed by atoms with E-state index in [1.54, 1.807) is 32.0 Å². The monoisotopic (exact) mass is 318 g/mol. The van der Waals surface area contributed by atoms with Crippen LogP contribution in [0.1, 0.15) is 42.5 Å². The van der Waals surface area contributed by atoms with Gasteiger partial charge < -0.3 is 14.8 Å². The Labute approximate surface area is 135 Å². The summed E-state index contributed by atoms with van der Waals surface area (Å²) in [5.74, 6) is 1.23. The van der Waals surface area contributed by atoms with Crippen LogP contribution in [0.3, 0.4) is 0 Å². The molecule has 0 aliphatic rings. The molecule has 2 atom stereocenters. The van der Waals surface area contributed by atoms with Crippen molar-refractivity contribution < 1.29 is 14.4 Å². The number of aliphatic hydroxyl groups is 1. The van der Waals surface area contributed by atoms with Crippen molar-refractivity contribution in [3.05, 3.63) is 63.1 Å². The number of nitro benzene ring substituents is 1. The second-order valence-corrected chi connectivity index (χ2v) is 6.04. The van der Waals surface area contributed by atoms with Crippen LogP contribution in [-0.2, 0) is 5.60 Å². The van der Waals surface area contributed by atoms with E-state index in [-0.39, 0.29) is 23.2 Å². The molecule has 1 aromatic heterocycles. The highest BCUT2D eigenvalue weighted by atomic mass is 16.6. The molecule has 6 nitrogen and oxygen atoms in total. The van der Waals surface area contributed by atoms with Gasteiger partial charge in [0.2, 0.25) is 0 Å². The highest BCUT2D eigenvalue weighted by Gasteiger charge is 2.28. The van der Waals surface area contributed by atoms with Gasteiger partial charge in [0.15, 0.2) is 0 Å². The molecule has 0 aliphatic heterocycles. The lowest BCUT2D eigenvalue weighted by atomic mass is 9.99. The van der Waals surface area contributed by atoms with Crippen LogP contribution in [-0.4, -0.2) is 16.6 Å². The molecule has 6 heteroatoms. The Morgan fingerprint density at radius 2 is 2.04 bits per heavy atom. The number of hydrogen-bond donors (Lipinski definition) is 2. The summed E-state index contributed by atoms with van der Waals surface area (Å²) in [6.45, 7) is 7.41. The minimum atomic E-state index is -1.16. The lowest BCUT2D eigenvalue weighted by Crippen LogP contribution is -2.36. The first kappa shape index (κ1) is 17.2. The van der Waals surface area contributed by atoms with Gasteiger partial charge in [-0.25, -0.2) is 0 Å². The van der Waals surface area contributed by atoms with Gasteiger partial charge in [0.05, 0.1) is 4.92 Å². The first-order valence-electron chi connectivity index (χ1n) is 7.49. The van der Waals surface area contributed by atoms with Crippen LogP contribution in [0.4, 0.5) is 5.69 Å². The summed E-state index contributed by atoms with van der Waals surface area (Å²) in [6, 6.07) is 8.43. The van der Waals surface area contributed by atoms with Crippen molar-refractivity contribution in [2.24, 2.45) is 0 Å². The number of hydrogen-bond acceptors (Lipinski definition) is 5. The molecular formula is C17H22N2O4. The number of nitrogens with zero attached hydrogens (tertiary/aromatic N) is 1. The molecule has 0 bridgehead atoms. The third-order valence-electron chi connectivity index (χ3n) is 4.03. The summed E-state index contributed by atoms with van der Waals surface area (Å²) in [5.41, 5.74) is 0.415. The van der Waals surface area contributed by atoms with Gasteiger partial charge in [-0.3, -0.25) is 10.1 Å². The molecule has 2 aromatic rings. The van der Waals surface area contributed by atoms with Crippen molar-refractivity contribution in [1.29, 1.82) is 0 Å². The van der Waals surface area contributed by atoms with Gasteiger partial charge >= 0.3 is 0 Å². The maximum atomic E-state index is 11.0. The lowest BCUT2D eigenvalue weighted by molar-refractivity contribution is -0.385. The van der Waals surface area contributed by atoms with Gasteiger partial charge in [0.25, 0.3) is 5.69 Å². The lowest BCUT2D eigenvalue weighted by Gasteiger charge is -2.25. The minimum Gasteiger partial charge on any atom is -0.463 e. The van der Waals surface area contributed by atoms with Crippen molar-refractivity contribution in [3.63, 3.8) is 0 Å². The second kappa shape index (κ2) is 6.52. The van der Waals surface area contributed by atoms with Crippen molar-refractivity contribution in [2.75, 3.05) is 6.54 Å². The van der Waals surface area contributed by atoms with Crippen LogP contribution in [0.5, 0.6) is 0 Å². The largest absolute Gasteiger partial charge is 0.463 e. The van der Waals surface area contributed by atoms with Gasteiger partial charge in [-0.15, -0.1) is 0 Å². The Morgan fingerprint density at radius 3 is 2.61 bits per heavy atom. The average molecular weight is 318 g/mol.